The summed E-state index contributed by atoms with van der Waals surface area (Å²) in [6.07, 6.45) is 1.93. The Morgan fingerprint density at radius 1 is 1.33 bits per heavy atom. The van der Waals surface area contributed by atoms with Crippen LogP contribution in [0.5, 0.6) is 0 Å². The van der Waals surface area contributed by atoms with Crippen LogP contribution in [0.2, 0.25) is 0 Å². The van der Waals surface area contributed by atoms with Crippen molar-refractivity contribution < 1.29 is 14.3 Å². The van der Waals surface area contributed by atoms with E-state index >= 15 is 0 Å². The highest BCUT2D eigenvalue weighted by atomic mass is 35.5. The standard InChI is InChI=1S/C12H24N2O3.ClH/c1-12(9-17-3)4-6-14(7-5-12)11(15)10(13)8-16-2;/h10H,4-9,13H2,1-3H3;1H. The van der Waals surface area contributed by atoms with Crippen molar-refractivity contribution in [3.63, 3.8) is 0 Å². The zero-order chi connectivity index (χ0) is 12.9. The van der Waals surface area contributed by atoms with Crippen molar-refractivity contribution in [2.45, 2.75) is 25.8 Å². The first-order valence-electron chi connectivity index (χ1n) is 6.04. The minimum atomic E-state index is -0.535. The lowest BCUT2D eigenvalue weighted by Gasteiger charge is -2.39. The summed E-state index contributed by atoms with van der Waals surface area (Å²) >= 11 is 0. The van der Waals surface area contributed by atoms with Gasteiger partial charge in [0.15, 0.2) is 0 Å². The van der Waals surface area contributed by atoms with E-state index in [4.69, 9.17) is 15.2 Å². The van der Waals surface area contributed by atoms with E-state index < -0.39 is 6.04 Å². The largest absolute Gasteiger partial charge is 0.384 e. The van der Waals surface area contributed by atoms with Crippen LogP contribution in [0.3, 0.4) is 0 Å². The first-order chi connectivity index (χ1) is 8.02. The molecule has 1 aliphatic rings. The third-order valence-corrected chi connectivity index (χ3v) is 3.44. The molecule has 0 spiro atoms. The molecule has 0 radical (unpaired) electrons. The number of rotatable bonds is 5. The first kappa shape index (κ1) is 17.6. The van der Waals surface area contributed by atoms with E-state index in [0.717, 1.165) is 32.5 Å². The maximum atomic E-state index is 11.9. The van der Waals surface area contributed by atoms with Crippen LogP contribution in [0.15, 0.2) is 0 Å². The number of halogens is 1. The number of likely N-dealkylation sites (tertiary alicyclic amines) is 1. The molecule has 5 nitrogen and oxygen atoms in total. The second kappa shape index (κ2) is 7.94. The van der Waals surface area contributed by atoms with Crippen molar-refractivity contribution in [1.82, 2.24) is 4.90 Å². The maximum absolute atomic E-state index is 11.9. The van der Waals surface area contributed by atoms with Crippen LogP contribution in [0.4, 0.5) is 0 Å². The van der Waals surface area contributed by atoms with Gasteiger partial charge in [0.2, 0.25) is 5.91 Å². The van der Waals surface area contributed by atoms with Crippen LogP contribution in [0, 0.1) is 5.41 Å². The van der Waals surface area contributed by atoms with Gasteiger partial charge in [0.1, 0.15) is 6.04 Å². The van der Waals surface area contributed by atoms with Gasteiger partial charge in [-0.15, -0.1) is 12.4 Å². The molecule has 108 valence electrons. The fraction of sp³-hybridized carbons (Fsp3) is 0.917. The Balaban J connectivity index is 0.00000289. The first-order valence-corrected chi connectivity index (χ1v) is 6.04. The number of piperidine rings is 1. The zero-order valence-electron chi connectivity index (χ0n) is 11.5. The Morgan fingerprint density at radius 2 is 1.89 bits per heavy atom. The van der Waals surface area contributed by atoms with Gasteiger partial charge in [-0.05, 0) is 18.3 Å². The van der Waals surface area contributed by atoms with Crippen LogP contribution in [0.25, 0.3) is 0 Å². The molecule has 0 aromatic rings. The van der Waals surface area contributed by atoms with Gasteiger partial charge in [0.05, 0.1) is 13.2 Å². The van der Waals surface area contributed by atoms with Gasteiger partial charge in [-0.25, -0.2) is 0 Å². The normalized spacial score (nSPS) is 20.1. The Morgan fingerprint density at radius 3 is 2.33 bits per heavy atom. The van der Waals surface area contributed by atoms with E-state index in [2.05, 4.69) is 6.92 Å². The lowest BCUT2D eigenvalue weighted by molar-refractivity contribution is -0.136. The fourth-order valence-corrected chi connectivity index (χ4v) is 2.25. The van der Waals surface area contributed by atoms with Crippen LogP contribution in [0.1, 0.15) is 19.8 Å². The molecular weight excluding hydrogens is 256 g/mol. The Labute approximate surface area is 115 Å². The summed E-state index contributed by atoms with van der Waals surface area (Å²) in [5, 5.41) is 0. The monoisotopic (exact) mass is 280 g/mol. The number of ether oxygens (including phenoxy) is 2. The third kappa shape index (κ3) is 4.72. The highest BCUT2D eigenvalue weighted by Crippen LogP contribution is 2.31. The Kier molecular flexibility index (Phi) is 7.78. The molecule has 1 heterocycles. The van der Waals surface area contributed by atoms with Gasteiger partial charge in [-0.1, -0.05) is 6.92 Å². The van der Waals surface area contributed by atoms with Crippen LogP contribution in [-0.2, 0) is 14.3 Å². The summed E-state index contributed by atoms with van der Waals surface area (Å²) in [5.41, 5.74) is 5.94. The van der Waals surface area contributed by atoms with Crippen molar-refractivity contribution in [3.05, 3.63) is 0 Å². The summed E-state index contributed by atoms with van der Waals surface area (Å²) in [6, 6.07) is -0.535. The molecule has 0 aliphatic carbocycles. The van der Waals surface area contributed by atoms with Crippen molar-refractivity contribution in [2.75, 3.05) is 40.5 Å². The second-order valence-corrected chi connectivity index (χ2v) is 5.13. The molecule has 1 atom stereocenters. The molecule has 1 unspecified atom stereocenters. The molecule has 1 rings (SSSR count). The van der Waals surface area contributed by atoms with Crippen LogP contribution < -0.4 is 5.73 Å². The SMILES string of the molecule is COCC(N)C(=O)N1CCC(C)(COC)CC1.Cl. The molecule has 1 fully saturated rings. The molecule has 0 aromatic carbocycles. The predicted molar refractivity (Wildman–Crippen MR) is 72.9 cm³/mol. The molecule has 0 bridgehead atoms. The zero-order valence-corrected chi connectivity index (χ0v) is 12.3. The fourth-order valence-electron chi connectivity index (χ4n) is 2.25. The Bertz CT molecular complexity index is 256. The topological polar surface area (TPSA) is 64.8 Å². The van der Waals surface area contributed by atoms with E-state index in [9.17, 15) is 4.79 Å². The molecule has 1 amide bonds. The van der Waals surface area contributed by atoms with E-state index in [1.165, 1.54) is 0 Å². The number of nitrogens with two attached hydrogens (primary N) is 1. The van der Waals surface area contributed by atoms with E-state index in [0.29, 0.717) is 0 Å². The predicted octanol–water partition coefficient (Wildman–Crippen LogP) is 0.657. The number of hydrogen-bond acceptors (Lipinski definition) is 4. The van der Waals surface area contributed by atoms with E-state index in [-0.39, 0.29) is 30.3 Å². The number of amides is 1. The maximum Gasteiger partial charge on any atom is 0.241 e. The number of hydrogen-bond donors (Lipinski definition) is 1. The highest BCUT2D eigenvalue weighted by molar-refractivity contribution is 5.85. The third-order valence-electron chi connectivity index (χ3n) is 3.44. The van der Waals surface area contributed by atoms with Gasteiger partial charge < -0.3 is 20.1 Å². The smallest absolute Gasteiger partial charge is 0.241 e. The lowest BCUT2D eigenvalue weighted by atomic mass is 9.81. The number of carbonyl (C=O) groups excluding carboxylic acids is 1. The minimum Gasteiger partial charge on any atom is -0.384 e. The molecule has 2 N–H and O–H groups in total. The van der Waals surface area contributed by atoms with Gasteiger partial charge in [-0.3, -0.25) is 4.79 Å². The van der Waals surface area contributed by atoms with Crippen molar-refractivity contribution in [1.29, 1.82) is 0 Å². The Hall–Kier alpha value is -0.360. The minimum absolute atomic E-state index is 0. The molecule has 0 saturated carbocycles. The number of carbonyl (C=O) groups is 1. The highest BCUT2D eigenvalue weighted by Gasteiger charge is 2.33. The van der Waals surface area contributed by atoms with Gasteiger partial charge in [0.25, 0.3) is 0 Å². The molecule has 18 heavy (non-hydrogen) atoms. The van der Waals surface area contributed by atoms with Gasteiger partial charge >= 0.3 is 0 Å². The molecule has 0 aromatic heterocycles. The summed E-state index contributed by atoms with van der Waals surface area (Å²) < 4.78 is 10.1. The van der Waals surface area contributed by atoms with E-state index in [1.807, 2.05) is 4.90 Å². The van der Waals surface area contributed by atoms with E-state index in [1.54, 1.807) is 14.2 Å². The molecular formula is C12H25ClN2O3. The summed E-state index contributed by atoms with van der Waals surface area (Å²) in [4.78, 5) is 13.8. The lowest BCUT2D eigenvalue weighted by Crippen LogP contribution is -2.51. The summed E-state index contributed by atoms with van der Waals surface area (Å²) in [7, 11) is 3.27. The van der Waals surface area contributed by atoms with Crippen molar-refractivity contribution >= 4 is 18.3 Å². The van der Waals surface area contributed by atoms with Crippen molar-refractivity contribution in [2.24, 2.45) is 11.1 Å². The van der Waals surface area contributed by atoms with Crippen LogP contribution in [-0.4, -0.2) is 57.4 Å². The van der Waals surface area contributed by atoms with Crippen molar-refractivity contribution in [3.8, 4) is 0 Å². The molecule has 1 saturated heterocycles. The van der Waals surface area contributed by atoms with Crippen LogP contribution >= 0.6 is 12.4 Å². The molecule has 6 heteroatoms. The summed E-state index contributed by atoms with van der Waals surface area (Å²) in [6.45, 7) is 4.75. The number of methoxy groups -OCH3 is 2. The van der Waals surface area contributed by atoms with Gasteiger partial charge in [0, 0.05) is 27.3 Å². The quantitative estimate of drug-likeness (QED) is 0.803. The van der Waals surface area contributed by atoms with Gasteiger partial charge in [-0.2, -0.15) is 0 Å². The average Bonchev–Trinajstić information content (AvgIpc) is 2.29. The number of nitrogens with zero attached hydrogens (tertiary/aromatic N) is 1. The average molecular weight is 281 g/mol. The molecule has 1 aliphatic heterocycles. The second-order valence-electron chi connectivity index (χ2n) is 5.13. The summed E-state index contributed by atoms with van der Waals surface area (Å²) in [5.74, 6) is -0.00804.